The van der Waals surface area contributed by atoms with Gasteiger partial charge in [-0.2, -0.15) is 0 Å². The monoisotopic (exact) mass is 139 g/mol. The van der Waals surface area contributed by atoms with E-state index in [0.717, 1.165) is 0 Å². The molecule has 0 rings (SSSR count). The molecular formula is C7H16BN2. The van der Waals surface area contributed by atoms with Gasteiger partial charge >= 0.3 is 0 Å². The van der Waals surface area contributed by atoms with E-state index in [1.807, 2.05) is 21.3 Å². The number of nitrogens with zero attached hydrogens (tertiary/aromatic N) is 1. The van der Waals surface area contributed by atoms with Crippen molar-refractivity contribution in [3.8, 4) is 0 Å². The summed E-state index contributed by atoms with van der Waals surface area (Å²) < 4.78 is 0. The van der Waals surface area contributed by atoms with Crippen LogP contribution in [-0.4, -0.2) is 25.6 Å². The fourth-order valence-electron chi connectivity index (χ4n) is 0.416. The van der Waals surface area contributed by atoms with Crippen LogP contribution in [0.2, 0.25) is 0 Å². The van der Waals surface area contributed by atoms with Gasteiger partial charge in [-0.1, -0.05) is 13.8 Å². The lowest BCUT2D eigenvalue weighted by atomic mass is 9.70. The molecule has 0 spiro atoms. The van der Waals surface area contributed by atoms with Crippen molar-refractivity contribution in [3.63, 3.8) is 0 Å². The first-order valence-electron chi connectivity index (χ1n) is 3.56. The van der Waals surface area contributed by atoms with Crippen molar-refractivity contribution >= 4 is 14.1 Å². The molecule has 0 saturated heterocycles. The summed E-state index contributed by atoms with van der Waals surface area (Å²) in [5.74, 6) is 0. The van der Waals surface area contributed by atoms with Gasteiger partial charge in [0.05, 0.1) is 0 Å². The van der Waals surface area contributed by atoms with Crippen LogP contribution >= 0.6 is 0 Å². The predicted octanol–water partition coefficient (Wildman–Crippen LogP) is 1.04. The summed E-state index contributed by atoms with van der Waals surface area (Å²) in [6.07, 6.45) is 0. The molecule has 0 heterocycles. The Labute approximate surface area is 64.4 Å². The molecule has 0 atom stereocenters. The van der Waals surface area contributed by atoms with Crippen LogP contribution in [0, 0.1) is 0 Å². The molecule has 10 heavy (non-hydrogen) atoms. The zero-order valence-corrected chi connectivity index (χ0v) is 7.31. The van der Waals surface area contributed by atoms with Crippen LogP contribution in [0.15, 0.2) is 4.99 Å². The minimum atomic E-state index is -0.149. The lowest BCUT2D eigenvalue weighted by Gasteiger charge is -2.19. The van der Waals surface area contributed by atoms with Crippen LogP contribution in [0.4, 0.5) is 0 Å². The molecular weight excluding hydrogens is 123 g/mol. The van der Waals surface area contributed by atoms with Crippen molar-refractivity contribution in [2.75, 3.05) is 0 Å². The molecule has 0 bridgehead atoms. The van der Waals surface area contributed by atoms with Crippen molar-refractivity contribution in [2.24, 2.45) is 4.99 Å². The second kappa shape index (κ2) is 3.76. The summed E-state index contributed by atoms with van der Waals surface area (Å²) in [5.41, 5.74) is -0.149. The van der Waals surface area contributed by atoms with E-state index in [1.54, 1.807) is 0 Å². The fourth-order valence-corrected chi connectivity index (χ4v) is 0.416. The average Bonchev–Trinajstić information content (AvgIpc) is 1.85. The maximum atomic E-state index is 3.92. The van der Waals surface area contributed by atoms with Crippen LogP contribution < -0.4 is 5.23 Å². The zero-order chi connectivity index (χ0) is 8.20. The second-order valence-corrected chi connectivity index (χ2v) is 3.28. The zero-order valence-electron chi connectivity index (χ0n) is 7.31. The van der Waals surface area contributed by atoms with Crippen molar-refractivity contribution in [3.05, 3.63) is 0 Å². The lowest BCUT2D eigenvalue weighted by molar-refractivity contribution is 0.678. The van der Waals surface area contributed by atoms with Crippen molar-refractivity contribution in [1.29, 1.82) is 0 Å². The molecule has 2 nitrogen and oxygen atoms in total. The van der Waals surface area contributed by atoms with Crippen molar-refractivity contribution < 1.29 is 0 Å². The van der Waals surface area contributed by atoms with E-state index in [-0.39, 0.29) is 5.44 Å². The maximum Gasteiger partial charge on any atom is 0.239 e. The van der Waals surface area contributed by atoms with E-state index < -0.39 is 0 Å². The molecule has 0 aliphatic rings. The number of aliphatic imine (C=N–C) groups is 1. The lowest BCUT2D eigenvalue weighted by Crippen LogP contribution is -2.40. The van der Waals surface area contributed by atoms with E-state index in [4.69, 9.17) is 0 Å². The Balaban J connectivity index is 3.56. The average molecular weight is 139 g/mol. The van der Waals surface area contributed by atoms with Gasteiger partial charge in [-0.15, -0.1) is 0 Å². The molecule has 0 fully saturated rings. The topological polar surface area (TPSA) is 24.4 Å². The van der Waals surface area contributed by atoms with Crippen LogP contribution in [0.1, 0.15) is 27.7 Å². The third-order valence-electron chi connectivity index (χ3n) is 1.18. The third kappa shape index (κ3) is 4.56. The van der Waals surface area contributed by atoms with Crippen molar-refractivity contribution in [1.82, 2.24) is 5.23 Å². The predicted molar refractivity (Wildman–Crippen MR) is 47.7 cm³/mol. The highest BCUT2D eigenvalue weighted by molar-refractivity contribution is 6.37. The number of hydrogen-bond acceptors (Lipinski definition) is 2. The first-order valence-corrected chi connectivity index (χ1v) is 3.56. The Morgan fingerprint density at radius 2 is 2.00 bits per heavy atom. The number of rotatable bonds is 4. The first kappa shape index (κ1) is 9.69. The summed E-state index contributed by atoms with van der Waals surface area (Å²) in [5, 5.41) is 3.18. The highest BCUT2D eigenvalue weighted by Gasteiger charge is 2.16. The molecule has 3 heteroatoms. The molecule has 57 valence electrons. The van der Waals surface area contributed by atoms with Crippen LogP contribution in [-0.2, 0) is 0 Å². The van der Waals surface area contributed by atoms with E-state index in [2.05, 4.69) is 30.8 Å². The molecule has 0 aromatic heterocycles. The van der Waals surface area contributed by atoms with E-state index in [9.17, 15) is 0 Å². The normalized spacial score (nSPS) is 11.7. The van der Waals surface area contributed by atoms with E-state index in [1.165, 1.54) is 0 Å². The quantitative estimate of drug-likeness (QED) is 0.456. The standard InChI is InChI=1S/C7H16BN2/c1-6(2)10-8-7(3,4)9-5/h6,10H,5H2,1-4H3. The molecule has 0 aliphatic carbocycles. The Bertz CT molecular complexity index is 110. The van der Waals surface area contributed by atoms with Gasteiger partial charge in [-0.25, -0.2) is 0 Å². The maximum absolute atomic E-state index is 3.92. The number of hydrogen-bond donors (Lipinski definition) is 1. The molecule has 0 aromatic carbocycles. The second-order valence-electron chi connectivity index (χ2n) is 3.28. The molecule has 1 radical (unpaired) electrons. The molecule has 0 unspecified atom stereocenters. The minimum Gasteiger partial charge on any atom is -0.356 e. The highest BCUT2D eigenvalue weighted by Crippen LogP contribution is 2.02. The third-order valence-corrected chi connectivity index (χ3v) is 1.18. The highest BCUT2D eigenvalue weighted by atomic mass is 14.9. The summed E-state index contributed by atoms with van der Waals surface area (Å²) in [6, 6.07) is 0.473. The Kier molecular flexibility index (Phi) is 3.65. The molecule has 0 aromatic rings. The van der Waals surface area contributed by atoms with Crippen LogP contribution in [0.5, 0.6) is 0 Å². The van der Waals surface area contributed by atoms with Gasteiger partial charge in [0.1, 0.15) is 0 Å². The van der Waals surface area contributed by atoms with Crippen LogP contribution in [0.3, 0.4) is 0 Å². The first-order chi connectivity index (χ1) is 4.48. The van der Waals surface area contributed by atoms with Gasteiger partial charge in [-0.05, 0) is 26.6 Å². The van der Waals surface area contributed by atoms with E-state index in [0.29, 0.717) is 6.04 Å². The molecule has 0 aliphatic heterocycles. The Morgan fingerprint density at radius 1 is 1.50 bits per heavy atom. The van der Waals surface area contributed by atoms with Gasteiger partial charge in [0.15, 0.2) is 0 Å². The number of nitrogens with one attached hydrogen (secondary N) is 1. The van der Waals surface area contributed by atoms with Gasteiger partial charge in [0, 0.05) is 5.44 Å². The summed E-state index contributed by atoms with van der Waals surface area (Å²) in [7, 11) is 1.96. The molecule has 0 saturated carbocycles. The SMILES string of the molecule is C=NC(C)(C)[B]NC(C)C. The van der Waals surface area contributed by atoms with Gasteiger partial charge < -0.3 is 10.2 Å². The smallest absolute Gasteiger partial charge is 0.239 e. The Morgan fingerprint density at radius 3 is 2.30 bits per heavy atom. The van der Waals surface area contributed by atoms with E-state index >= 15 is 0 Å². The largest absolute Gasteiger partial charge is 0.356 e. The summed E-state index contributed by atoms with van der Waals surface area (Å²) >= 11 is 0. The minimum absolute atomic E-state index is 0.149. The Hall–Kier alpha value is -0.305. The molecule has 1 N–H and O–H groups in total. The van der Waals surface area contributed by atoms with Crippen LogP contribution in [0.25, 0.3) is 0 Å². The molecule has 0 amide bonds. The van der Waals surface area contributed by atoms with Gasteiger partial charge in [-0.3, -0.25) is 0 Å². The van der Waals surface area contributed by atoms with Gasteiger partial charge in [0.25, 0.3) is 0 Å². The van der Waals surface area contributed by atoms with Crippen molar-refractivity contribution in [2.45, 2.75) is 39.2 Å². The fraction of sp³-hybridized carbons (Fsp3) is 0.857. The van der Waals surface area contributed by atoms with Gasteiger partial charge in [0.2, 0.25) is 7.41 Å². The summed E-state index contributed by atoms with van der Waals surface area (Å²) in [6.45, 7) is 11.7. The summed E-state index contributed by atoms with van der Waals surface area (Å²) in [4.78, 5) is 3.92.